The molecule has 0 aliphatic heterocycles. The number of para-hydroxylation sites is 2. The smallest absolute Gasteiger partial charge is 0.255 e. The van der Waals surface area contributed by atoms with Crippen molar-refractivity contribution >= 4 is 17.3 Å². The average Bonchev–Trinajstić information content (AvgIpc) is 2.63. The van der Waals surface area contributed by atoms with Gasteiger partial charge in [-0.2, -0.15) is 0 Å². The Labute approximate surface area is 151 Å². The number of hydrogen-bond donors (Lipinski definition) is 3. The molecule has 3 N–H and O–H groups in total. The highest BCUT2D eigenvalue weighted by Gasteiger charge is 2.10. The molecule has 1 aromatic carbocycles. The number of anilines is 2. The third-order valence-electron chi connectivity index (χ3n) is 3.84. The summed E-state index contributed by atoms with van der Waals surface area (Å²) in [5.41, 5.74) is 3.16. The Balaban J connectivity index is 1.68. The average molecular weight is 348 g/mol. The third kappa shape index (κ3) is 4.57. The lowest BCUT2D eigenvalue weighted by atomic mass is 10.2. The molecular formula is C20H20N4O2. The van der Waals surface area contributed by atoms with Crippen LogP contribution in [0.2, 0.25) is 0 Å². The zero-order valence-corrected chi connectivity index (χ0v) is 14.5. The highest BCUT2D eigenvalue weighted by molar-refractivity contribution is 6.05. The monoisotopic (exact) mass is 348 g/mol. The maximum atomic E-state index is 12.5. The summed E-state index contributed by atoms with van der Waals surface area (Å²) in [5.74, 6) is -0.321. The first-order valence-electron chi connectivity index (χ1n) is 8.37. The van der Waals surface area contributed by atoms with Gasteiger partial charge in [0.25, 0.3) is 5.91 Å². The van der Waals surface area contributed by atoms with Crippen LogP contribution in [0.1, 0.15) is 21.7 Å². The van der Waals surface area contributed by atoms with Crippen molar-refractivity contribution in [1.29, 1.82) is 0 Å². The molecule has 0 aliphatic carbocycles. The van der Waals surface area contributed by atoms with Gasteiger partial charge in [0.15, 0.2) is 0 Å². The minimum atomic E-state index is -0.321. The van der Waals surface area contributed by atoms with Gasteiger partial charge in [0.05, 0.1) is 11.4 Å². The number of H-pyrrole nitrogens is 1. The molecule has 0 saturated carbocycles. The predicted octanol–water partition coefficient (Wildman–Crippen LogP) is 2.99. The Bertz CT molecular complexity index is 951. The Morgan fingerprint density at radius 3 is 2.58 bits per heavy atom. The number of hydrogen-bond acceptors (Lipinski definition) is 4. The van der Waals surface area contributed by atoms with Crippen LogP contribution in [0.25, 0.3) is 0 Å². The van der Waals surface area contributed by atoms with Gasteiger partial charge in [0.2, 0.25) is 5.56 Å². The van der Waals surface area contributed by atoms with E-state index < -0.39 is 0 Å². The summed E-state index contributed by atoms with van der Waals surface area (Å²) in [4.78, 5) is 30.9. The van der Waals surface area contributed by atoms with Crippen LogP contribution in [0.5, 0.6) is 0 Å². The second kappa shape index (κ2) is 8.11. The van der Waals surface area contributed by atoms with Gasteiger partial charge in [-0.1, -0.05) is 18.2 Å². The molecule has 1 amide bonds. The van der Waals surface area contributed by atoms with Gasteiger partial charge in [-0.25, -0.2) is 0 Å². The Kier molecular flexibility index (Phi) is 5.43. The van der Waals surface area contributed by atoms with E-state index in [1.54, 1.807) is 19.2 Å². The summed E-state index contributed by atoms with van der Waals surface area (Å²) in [7, 11) is 0. The number of amides is 1. The van der Waals surface area contributed by atoms with Crippen molar-refractivity contribution in [3.05, 3.63) is 88.1 Å². The zero-order chi connectivity index (χ0) is 18.4. The minimum absolute atomic E-state index is 0.295. The van der Waals surface area contributed by atoms with Gasteiger partial charge < -0.3 is 15.6 Å². The quantitative estimate of drug-likeness (QED) is 0.639. The fourth-order valence-corrected chi connectivity index (χ4v) is 2.63. The maximum Gasteiger partial charge on any atom is 0.255 e. The number of aromatic nitrogens is 2. The zero-order valence-electron chi connectivity index (χ0n) is 14.5. The number of carbonyl (C=O) groups is 1. The molecule has 6 nitrogen and oxygen atoms in total. The summed E-state index contributed by atoms with van der Waals surface area (Å²) < 4.78 is 0. The lowest BCUT2D eigenvalue weighted by molar-refractivity contribution is 0.102. The van der Waals surface area contributed by atoms with Gasteiger partial charge in [-0.05, 0) is 37.3 Å². The van der Waals surface area contributed by atoms with Crippen LogP contribution in [0.4, 0.5) is 11.4 Å². The molecule has 0 bridgehead atoms. The highest BCUT2D eigenvalue weighted by Crippen LogP contribution is 2.21. The molecule has 0 spiro atoms. The lowest BCUT2D eigenvalue weighted by Crippen LogP contribution is -2.18. The summed E-state index contributed by atoms with van der Waals surface area (Å²) in [5, 5.41) is 6.18. The van der Waals surface area contributed by atoms with Crippen molar-refractivity contribution in [1.82, 2.24) is 9.97 Å². The summed E-state index contributed by atoms with van der Waals surface area (Å²) in [6, 6.07) is 16.2. The summed E-state index contributed by atoms with van der Waals surface area (Å²) >= 11 is 0. The second-order valence-corrected chi connectivity index (χ2v) is 5.91. The SMILES string of the molecule is Cc1cc(C(=O)Nc2ccccc2NCCc2ccccn2)cc(=O)[nH]1. The van der Waals surface area contributed by atoms with Crippen LogP contribution in [0, 0.1) is 6.92 Å². The first kappa shape index (κ1) is 17.4. The Morgan fingerprint density at radius 2 is 1.85 bits per heavy atom. The number of carbonyl (C=O) groups excluding carboxylic acids is 1. The molecule has 3 aromatic rings. The molecule has 132 valence electrons. The van der Waals surface area contributed by atoms with E-state index in [-0.39, 0.29) is 11.5 Å². The number of aryl methyl sites for hydroxylation is 1. The molecule has 0 atom stereocenters. The van der Waals surface area contributed by atoms with Gasteiger partial charge in [0, 0.05) is 42.2 Å². The molecule has 0 aliphatic rings. The van der Waals surface area contributed by atoms with Crippen molar-refractivity contribution in [2.24, 2.45) is 0 Å². The van der Waals surface area contributed by atoms with E-state index in [4.69, 9.17) is 0 Å². The second-order valence-electron chi connectivity index (χ2n) is 5.91. The first-order chi connectivity index (χ1) is 12.6. The van der Waals surface area contributed by atoms with Gasteiger partial charge in [0.1, 0.15) is 0 Å². The summed E-state index contributed by atoms with van der Waals surface area (Å²) in [6.07, 6.45) is 2.55. The van der Waals surface area contributed by atoms with Crippen molar-refractivity contribution in [2.75, 3.05) is 17.2 Å². The Morgan fingerprint density at radius 1 is 1.08 bits per heavy atom. The molecule has 0 saturated heterocycles. The third-order valence-corrected chi connectivity index (χ3v) is 3.84. The van der Waals surface area contributed by atoms with Crippen LogP contribution in [0.3, 0.4) is 0 Å². The van der Waals surface area contributed by atoms with Crippen molar-refractivity contribution in [2.45, 2.75) is 13.3 Å². The summed E-state index contributed by atoms with van der Waals surface area (Å²) in [6.45, 7) is 2.43. The van der Waals surface area contributed by atoms with E-state index in [9.17, 15) is 9.59 Å². The molecule has 6 heteroatoms. The van der Waals surface area contributed by atoms with E-state index in [0.29, 0.717) is 23.5 Å². The maximum absolute atomic E-state index is 12.5. The highest BCUT2D eigenvalue weighted by atomic mass is 16.2. The standard InChI is InChI=1S/C20H20N4O2/c1-14-12-15(13-19(25)23-14)20(26)24-18-8-3-2-7-17(18)22-11-9-16-6-4-5-10-21-16/h2-8,10,12-13,22H,9,11H2,1H3,(H,23,25)(H,24,26). The molecule has 0 radical (unpaired) electrons. The largest absolute Gasteiger partial charge is 0.383 e. The van der Waals surface area contributed by atoms with Crippen LogP contribution in [-0.2, 0) is 6.42 Å². The van der Waals surface area contributed by atoms with E-state index in [0.717, 1.165) is 17.8 Å². The Hall–Kier alpha value is -3.41. The number of nitrogens with zero attached hydrogens (tertiary/aromatic N) is 1. The molecule has 3 rings (SSSR count). The van der Waals surface area contributed by atoms with Crippen molar-refractivity contribution in [3.8, 4) is 0 Å². The molecule has 26 heavy (non-hydrogen) atoms. The van der Waals surface area contributed by atoms with Gasteiger partial charge in [-0.15, -0.1) is 0 Å². The van der Waals surface area contributed by atoms with Crippen molar-refractivity contribution in [3.63, 3.8) is 0 Å². The van der Waals surface area contributed by atoms with Gasteiger partial charge in [-0.3, -0.25) is 14.6 Å². The van der Waals surface area contributed by atoms with Crippen LogP contribution in [-0.4, -0.2) is 22.4 Å². The number of aromatic amines is 1. The van der Waals surface area contributed by atoms with E-state index in [1.807, 2.05) is 42.5 Å². The normalized spacial score (nSPS) is 10.3. The fraction of sp³-hybridized carbons (Fsp3) is 0.150. The number of benzene rings is 1. The van der Waals surface area contributed by atoms with E-state index >= 15 is 0 Å². The molecule has 0 fully saturated rings. The first-order valence-corrected chi connectivity index (χ1v) is 8.37. The van der Waals surface area contributed by atoms with Gasteiger partial charge >= 0.3 is 0 Å². The number of nitrogens with one attached hydrogen (secondary N) is 3. The van der Waals surface area contributed by atoms with Crippen LogP contribution in [0.15, 0.2) is 65.6 Å². The number of rotatable bonds is 6. The molecular weight excluding hydrogens is 328 g/mol. The topological polar surface area (TPSA) is 86.9 Å². The predicted molar refractivity (Wildman–Crippen MR) is 103 cm³/mol. The van der Waals surface area contributed by atoms with E-state index in [2.05, 4.69) is 20.6 Å². The fourth-order valence-electron chi connectivity index (χ4n) is 2.63. The minimum Gasteiger partial charge on any atom is -0.383 e. The lowest BCUT2D eigenvalue weighted by Gasteiger charge is -2.13. The molecule has 0 unspecified atom stereocenters. The molecule has 2 aromatic heterocycles. The molecule has 2 heterocycles. The number of pyridine rings is 2. The van der Waals surface area contributed by atoms with Crippen molar-refractivity contribution < 1.29 is 4.79 Å². The van der Waals surface area contributed by atoms with Crippen LogP contribution < -0.4 is 16.2 Å². The van der Waals surface area contributed by atoms with E-state index in [1.165, 1.54) is 6.07 Å². The van der Waals surface area contributed by atoms with Crippen LogP contribution >= 0.6 is 0 Å².